The van der Waals surface area contributed by atoms with E-state index in [9.17, 15) is 9.90 Å². The lowest BCUT2D eigenvalue weighted by atomic mass is 9.98. The summed E-state index contributed by atoms with van der Waals surface area (Å²) in [5.74, 6) is -2.06. The Hall–Kier alpha value is -2.53. The third-order valence-electron chi connectivity index (χ3n) is 7.02. The quantitative estimate of drug-likeness (QED) is 0.563. The number of nitrogens with zero attached hydrogens (tertiary/aromatic N) is 2. The van der Waals surface area contributed by atoms with Crippen molar-refractivity contribution in [2.45, 2.75) is 17.5 Å². The minimum atomic E-state index is -1.05. The zero-order valence-corrected chi connectivity index (χ0v) is 20.9. The molecule has 1 amide bonds. The number of likely N-dealkylation sites (N-methyl/N-ethyl adjacent to an activating group) is 2. The van der Waals surface area contributed by atoms with Crippen LogP contribution in [0.2, 0.25) is 0 Å². The molecule has 0 radical (unpaired) electrons. The molecule has 0 saturated carbocycles. The second kappa shape index (κ2) is 10.5. The summed E-state index contributed by atoms with van der Waals surface area (Å²) in [7, 11) is 3.56. The van der Waals surface area contributed by atoms with Gasteiger partial charge in [-0.2, -0.15) is 0 Å². The van der Waals surface area contributed by atoms with E-state index in [2.05, 4.69) is 24.3 Å². The van der Waals surface area contributed by atoms with Crippen LogP contribution in [0.4, 0.5) is 4.79 Å². The Morgan fingerprint density at radius 1 is 0.861 bits per heavy atom. The maximum atomic E-state index is 13.0. The van der Waals surface area contributed by atoms with Crippen LogP contribution in [0.1, 0.15) is 17.0 Å². The lowest BCUT2D eigenvalue weighted by molar-refractivity contribution is -0.211. The minimum Gasteiger partial charge on any atom is -0.448 e. The second-order valence-electron chi connectivity index (χ2n) is 9.71. The molecule has 3 aliphatic rings. The number of aliphatic hydroxyl groups excluding tert-OH is 1. The van der Waals surface area contributed by atoms with Crippen molar-refractivity contribution >= 4 is 6.09 Å². The average molecular weight is 499 g/mol. The van der Waals surface area contributed by atoms with Gasteiger partial charge in [0, 0.05) is 13.0 Å². The van der Waals surface area contributed by atoms with Crippen molar-refractivity contribution in [1.29, 1.82) is 0 Å². The van der Waals surface area contributed by atoms with Gasteiger partial charge in [0.05, 0.1) is 52.7 Å². The highest BCUT2D eigenvalue weighted by molar-refractivity contribution is 5.79. The monoisotopic (exact) mass is 498 g/mol. The predicted molar refractivity (Wildman–Crippen MR) is 132 cm³/mol. The van der Waals surface area contributed by atoms with Crippen LogP contribution in [-0.2, 0) is 23.7 Å². The molecule has 2 aliphatic heterocycles. The van der Waals surface area contributed by atoms with Crippen molar-refractivity contribution < 1.29 is 33.6 Å². The van der Waals surface area contributed by atoms with E-state index in [0.29, 0.717) is 39.5 Å². The maximum absolute atomic E-state index is 13.0. The SMILES string of the molecule is CN(CC1(CO)OCCO1)CC1(CN(C)C(=O)OCC2c3ccccc3-c3ccccc32)OCCO1. The van der Waals surface area contributed by atoms with Crippen LogP contribution in [0, 0.1) is 0 Å². The summed E-state index contributed by atoms with van der Waals surface area (Å²) < 4.78 is 29.0. The Kier molecular flexibility index (Phi) is 7.30. The molecule has 2 aromatic carbocycles. The number of carbonyl (C=O) groups excluding carboxylic acids is 1. The predicted octanol–water partition coefficient (Wildman–Crippen LogP) is 2.28. The van der Waals surface area contributed by atoms with Crippen molar-refractivity contribution in [3.8, 4) is 11.1 Å². The van der Waals surface area contributed by atoms with Gasteiger partial charge in [0.2, 0.25) is 5.79 Å². The average Bonchev–Trinajstić information content (AvgIpc) is 3.61. The fourth-order valence-corrected chi connectivity index (χ4v) is 5.47. The van der Waals surface area contributed by atoms with Crippen LogP contribution < -0.4 is 0 Å². The molecule has 0 spiro atoms. The zero-order chi connectivity index (χ0) is 25.2. The summed E-state index contributed by atoms with van der Waals surface area (Å²) in [4.78, 5) is 16.4. The van der Waals surface area contributed by atoms with Crippen molar-refractivity contribution in [2.24, 2.45) is 0 Å². The molecule has 9 nitrogen and oxygen atoms in total. The highest BCUT2D eigenvalue weighted by Gasteiger charge is 2.43. The molecule has 0 bridgehead atoms. The molecule has 0 aromatic heterocycles. The number of rotatable bonds is 9. The van der Waals surface area contributed by atoms with Crippen LogP contribution in [0.25, 0.3) is 11.1 Å². The summed E-state index contributed by atoms with van der Waals surface area (Å²) >= 11 is 0. The molecule has 1 N–H and O–H groups in total. The first-order valence-corrected chi connectivity index (χ1v) is 12.4. The number of fused-ring (bicyclic) bond motifs is 3. The highest BCUT2D eigenvalue weighted by atomic mass is 16.8. The third kappa shape index (κ3) is 5.00. The first kappa shape index (κ1) is 25.1. The maximum Gasteiger partial charge on any atom is 0.409 e. The number of hydrogen-bond acceptors (Lipinski definition) is 8. The molecule has 0 atom stereocenters. The molecule has 2 heterocycles. The Morgan fingerprint density at radius 2 is 1.36 bits per heavy atom. The fourth-order valence-electron chi connectivity index (χ4n) is 5.47. The zero-order valence-electron chi connectivity index (χ0n) is 20.9. The van der Waals surface area contributed by atoms with E-state index in [1.54, 1.807) is 7.05 Å². The Morgan fingerprint density at radius 3 is 1.92 bits per heavy atom. The van der Waals surface area contributed by atoms with Gasteiger partial charge in [0.25, 0.3) is 0 Å². The first-order chi connectivity index (χ1) is 17.4. The van der Waals surface area contributed by atoms with E-state index in [1.807, 2.05) is 36.2 Å². The molecule has 2 fully saturated rings. The van der Waals surface area contributed by atoms with Gasteiger partial charge in [-0.1, -0.05) is 48.5 Å². The molecule has 9 heteroatoms. The van der Waals surface area contributed by atoms with Gasteiger partial charge in [-0.05, 0) is 29.3 Å². The van der Waals surface area contributed by atoms with Crippen LogP contribution in [0.5, 0.6) is 0 Å². The van der Waals surface area contributed by atoms with Gasteiger partial charge in [0.1, 0.15) is 6.61 Å². The summed E-state index contributed by atoms with van der Waals surface area (Å²) in [6.07, 6.45) is -0.438. The molecule has 5 rings (SSSR count). The van der Waals surface area contributed by atoms with Crippen molar-refractivity contribution in [1.82, 2.24) is 9.80 Å². The number of hydrogen-bond donors (Lipinski definition) is 1. The van der Waals surface area contributed by atoms with E-state index in [0.717, 1.165) is 0 Å². The second-order valence-corrected chi connectivity index (χ2v) is 9.71. The van der Waals surface area contributed by atoms with Gasteiger partial charge in [-0.15, -0.1) is 0 Å². The molecule has 2 aromatic rings. The van der Waals surface area contributed by atoms with E-state index < -0.39 is 17.7 Å². The van der Waals surface area contributed by atoms with E-state index in [4.69, 9.17) is 23.7 Å². The number of benzene rings is 2. The number of aliphatic hydroxyl groups is 1. The normalized spacial score (nSPS) is 19.9. The summed E-state index contributed by atoms with van der Waals surface area (Å²) in [6, 6.07) is 16.5. The Balaban J connectivity index is 1.21. The Labute approximate surface area is 211 Å². The van der Waals surface area contributed by atoms with Gasteiger partial charge in [-0.25, -0.2) is 4.79 Å². The van der Waals surface area contributed by atoms with Crippen LogP contribution >= 0.6 is 0 Å². The molecule has 1 aliphatic carbocycles. The third-order valence-corrected chi connectivity index (χ3v) is 7.02. The van der Waals surface area contributed by atoms with Crippen LogP contribution in [-0.4, -0.2) is 106 Å². The standard InChI is InChI=1S/C27H34N2O7/c1-28(17-27(19-30)35-13-14-36-27)16-26(33-11-12-34-26)18-29(2)25(31)32-15-24-22-9-5-3-7-20(22)21-8-4-6-10-23(21)24/h3-10,24,30H,11-19H2,1-2H3. The van der Waals surface area contributed by atoms with Gasteiger partial charge in [0.15, 0.2) is 5.79 Å². The van der Waals surface area contributed by atoms with Crippen LogP contribution in [0.15, 0.2) is 48.5 Å². The van der Waals surface area contributed by atoms with Crippen molar-refractivity contribution in [2.75, 3.05) is 73.4 Å². The number of carbonyl (C=O) groups is 1. The van der Waals surface area contributed by atoms with Crippen molar-refractivity contribution in [3.63, 3.8) is 0 Å². The summed E-state index contributed by atoms with van der Waals surface area (Å²) in [5.41, 5.74) is 4.72. The Bertz CT molecular complexity index is 1020. The van der Waals surface area contributed by atoms with Gasteiger partial charge < -0.3 is 33.7 Å². The first-order valence-electron chi connectivity index (χ1n) is 12.4. The van der Waals surface area contributed by atoms with Gasteiger partial charge in [-0.3, -0.25) is 4.90 Å². The number of ether oxygens (including phenoxy) is 5. The lowest BCUT2D eigenvalue weighted by Crippen LogP contribution is -2.55. The van der Waals surface area contributed by atoms with E-state index in [-0.39, 0.29) is 25.7 Å². The fraction of sp³-hybridized carbons (Fsp3) is 0.519. The smallest absolute Gasteiger partial charge is 0.409 e. The molecule has 194 valence electrons. The molecular formula is C27H34N2O7. The topological polar surface area (TPSA) is 89.9 Å². The number of amides is 1. The minimum absolute atomic E-state index is 0.00472. The molecule has 0 unspecified atom stereocenters. The van der Waals surface area contributed by atoms with E-state index in [1.165, 1.54) is 27.2 Å². The lowest BCUT2D eigenvalue weighted by Gasteiger charge is -2.37. The van der Waals surface area contributed by atoms with Gasteiger partial charge >= 0.3 is 6.09 Å². The molecule has 36 heavy (non-hydrogen) atoms. The molecular weight excluding hydrogens is 464 g/mol. The highest BCUT2D eigenvalue weighted by Crippen LogP contribution is 2.44. The van der Waals surface area contributed by atoms with E-state index >= 15 is 0 Å². The van der Waals surface area contributed by atoms with Crippen LogP contribution in [0.3, 0.4) is 0 Å². The summed E-state index contributed by atoms with van der Waals surface area (Å²) in [6.45, 7) is 2.66. The summed E-state index contributed by atoms with van der Waals surface area (Å²) in [5, 5.41) is 9.77. The largest absolute Gasteiger partial charge is 0.448 e. The molecule has 2 saturated heterocycles. The van der Waals surface area contributed by atoms with Crippen molar-refractivity contribution in [3.05, 3.63) is 59.7 Å².